The Bertz CT molecular complexity index is 412. The fourth-order valence-electron chi connectivity index (χ4n) is 2.39. The Morgan fingerprint density at radius 2 is 1.84 bits per heavy atom. The van der Waals surface area contributed by atoms with Crippen LogP contribution in [-0.2, 0) is 10.0 Å². The molecule has 0 heterocycles. The van der Waals surface area contributed by atoms with Gasteiger partial charge in [0.05, 0.1) is 11.8 Å². The van der Waals surface area contributed by atoms with Crippen molar-refractivity contribution >= 4 is 10.0 Å². The highest BCUT2D eigenvalue weighted by molar-refractivity contribution is 7.89. The van der Waals surface area contributed by atoms with E-state index in [9.17, 15) is 13.7 Å². The highest BCUT2D eigenvalue weighted by atomic mass is 32.2. The van der Waals surface area contributed by atoms with Gasteiger partial charge in [0.2, 0.25) is 10.0 Å². The molecule has 1 aliphatic carbocycles. The molecule has 1 atom stereocenters. The number of sulfonamides is 1. The highest BCUT2D eigenvalue weighted by Gasteiger charge is 2.28. The van der Waals surface area contributed by atoms with Crippen molar-refractivity contribution in [2.75, 3.05) is 5.75 Å². The third-order valence-corrected chi connectivity index (χ3v) is 5.04. The minimum atomic E-state index is -3.35. The lowest BCUT2D eigenvalue weighted by Crippen LogP contribution is -2.41. The van der Waals surface area contributed by atoms with Crippen LogP contribution in [0.4, 0.5) is 0 Å². The van der Waals surface area contributed by atoms with Crippen LogP contribution < -0.4 is 4.72 Å². The largest absolute Gasteiger partial charge is 0.212 e. The summed E-state index contributed by atoms with van der Waals surface area (Å²) in [7, 11) is -3.35. The SMILES string of the molecule is CC(C)(C)CCS(=O)(=O)NC(C#N)C1CCCCC1. The quantitative estimate of drug-likeness (QED) is 0.845. The first-order valence-electron chi connectivity index (χ1n) is 7.13. The number of rotatable bonds is 5. The van der Waals surface area contributed by atoms with Gasteiger partial charge >= 0.3 is 0 Å². The third kappa shape index (κ3) is 6.40. The predicted molar refractivity (Wildman–Crippen MR) is 77.0 cm³/mol. The van der Waals surface area contributed by atoms with Crippen molar-refractivity contribution in [1.29, 1.82) is 5.26 Å². The van der Waals surface area contributed by atoms with Crippen molar-refractivity contribution in [2.45, 2.75) is 65.3 Å². The van der Waals surface area contributed by atoms with Crippen LogP contribution in [-0.4, -0.2) is 20.2 Å². The van der Waals surface area contributed by atoms with Crippen LogP contribution in [0.15, 0.2) is 0 Å². The second-order valence-corrected chi connectivity index (χ2v) is 8.63. The average Bonchev–Trinajstić information content (AvgIpc) is 2.34. The summed E-state index contributed by atoms with van der Waals surface area (Å²) in [5.41, 5.74) is -0.0122. The number of nitrogens with zero attached hydrogens (tertiary/aromatic N) is 1. The predicted octanol–water partition coefficient (Wildman–Crippen LogP) is 2.81. The average molecular weight is 286 g/mol. The summed E-state index contributed by atoms with van der Waals surface area (Å²) < 4.78 is 26.7. The maximum atomic E-state index is 12.0. The molecule has 0 radical (unpaired) electrons. The molecule has 1 unspecified atom stereocenters. The van der Waals surface area contributed by atoms with E-state index in [-0.39, 0.29) is 17.1 Å². The van der Waals surface area contributed by atoms with Gasteiger partial charge in [-0.15, -0.1) is 0 Å². The molecule has 1 saturated carbocycles. The Kier molecular flexibility index (Phi) is 5.82. The van der Waals surface area contributed by atoms with Gasteiger partial charge in [-0.1, -0.05) is 40.0 Å². The maximum Gasteiger partial charge on any atom is 0.212 e. The Morgan fingerprint density at radius 1 is 1.26 bits per heavy atom. The Hall–Kier alpha value is -0.600. The summed E-state index contributed by atoms with van der Waals surface area (Å²) >= 11 is 0. The minimum absolute atomic E-state index is 0.0122. The van der Waals surface area contributed by atoms with Crippen molar-refractivity contribution in [1.82, 2.24) is 4.72 Å². The van der Waals surface area contributed by atoms with Crippen LogP contribution in [0.25, 0.3) is 0 Å². The van der Waals surface area contributed by atoms with Crippen molar-refractivity contribution in [2.24, 2.45) is 11.3 Å². The van der Waals surface area contributed by atoms with E-state index in [2.05, 4.69) is 10.8 Å². The Labute approximate surface area is 117 Å². The summed E-state index contributed by atoms with van der Waals surface area (Å²) in [6, 6.07) is 1.58. The number of hydrogen-bond donors (Lipinski definition) is 1. The summed E-state index contributed by atoms with van der Waals surface area (Å²) in [5, 5.41) is 9.19. The first-order valence-corrected chi connectivity index (χ1v) is 8.78. The van der Waals surface area contributed by atoms with Crippen molar-refractivity contribution in [3.8, 4) is 6.07 Å². The van der Waals surface area contributed by atoms with Crippen LogP contribution in [0.5, 0.6) is 0 Å². The van der Waals surface area contributed by atoms with E-state index in [1.54, 1.807) is 0 Å². The van der Waals surface area contributed by atoms with Crippen LogP contribution in [0.1, 0.15) is 59.3 Å². The summed E-state index contributed by atoms with van der Waals surface area (Å²) in [6.45, 7) is 6.06. The third-order valence-electron chi connectivity index (χ3n) is 3.69. The molecule has 0 aliphatic heterocycles. The molecule has 0 amide bonds. The van der Waals surface area contributed by atoms with Crippen molar-refractivity contribution < 1.29 is 8.42 Å². The standard InChI is InChI=1S/C14H26N2O2S/c1-14(2,3)9-10-19(17,18)16-13(11-15)12-7-5-4-6-8-12/h12-13,16H,4-10H2,1-3H3. The summed E-state index contributed by atoms with van der Waals surface area (Å²) in [4.78, 5) is 0. The van der Waals surface area contributed by atoms with Gasteiger partial charge in [0, 0.05) is 0 Å². The zero-order valence-electron chi connectivity index (χ0n) is 12.3. The second kappa shape index (κ2) is 6.71. The van der Waals surface area contributed by atoms with Crippen LogP contribution in [0, 0.1) is 22.7 Å². The van der Waals surface area contributed by atoms with E-state index in [1.807, 2.05) is 20.8 Å². The van der Waals surface area contributed by atoms with Gasteiger partial charge in [-0.3, -0.25) is 0 Å². The van der Waals surface area contributed by atoms with Crippen LogP contribution in [0.3, 0.4) is 0 Å². The molecule has 1 rings (SSSR count). The van der Waals surface area contributed by atoms with Gasteiger partial charge in [0.15, 0.2) is 0 Å². The molecule has 1 N–H and O–H groups in total. The fourth-order valence-corrected chi connectivity index (χ4v) is 4.02. The molecule has 19 heavy (non-hydrogen) atoms. The van der Waals surface area contributed by atoms with Crippen molar-refractivity contribution in [3.63, 3.8) is 0 Å². The first-order chi connectivity index (χ1) is 8.73. The topological polar surface area (TPSA) is 70.0 Å². The number of hydrogen-bond acceptors (Lipinski definition) is 3. The second-order valence-electron chi connectivity index (χ2n) is 6.75. The molecular weight excluding hydrogens is 260 g/mol. The van der Waals surface area contributed by atoms with Crippen LogP contribution >= 0.6 is 0 Å². The highest BCUT2D eigenvalue weighted by Crippen LogP contribution is 2.27. The molecule has 0 aromatic heterocycles. The first kappa shape index (κ1) is 16.5. The zero-order chi connectivity index (χ0) is 14.5. The van der Waals surface area contributed by atoms with E-state index in [1.165, 1.54) is 6.42 Å². The molecule has 0 aromatic rings. The summed E-state index contributed by atoms with van der Waals surface area (Å²) in [6.07, 6.45) is 5.93. The van der Waals surface area contributed by atoms with Gasteiger partial charge in [0.1, 0.15) is 6.04 Å². The van der Waals surface area contributed by atoms with E-state index < -0.39 is 16.1 Å². The van der Waals surface area contributed by atoms with E-state index >= 15 is 0 Å². The Balaban J connectivity index is 2.56. The minimum Gasteiger partial charge on any atom is -0.212 e. The van der Waals surface area contributed by atoms with Crippen molar-refractivity contribution in [3.05, 3.63) is 0 Å². The lowest BCUT2D eigenvalue weighted by atomic mass is 9.85. The van der Waals surface area contributed by atoms with Gasteiger partial charge in [-0.25, -0.2) is 8.42 Å². The van der Waals surface area contributed by atoms with Gasteiger partial charge in [-0.05, 0) is 30.6 Å². The van der Waals surface area contributed by atoms with Gasteiger partial charge < -0.3 is 0 Å². The van der Waals surface area contributed by atoms with E-state index in [4.69, 9.17) is 0 Å². The lowest BCUT2D eigenvalue weighted by Gasteiger charge is -2.26. The van der Waals surface area contributed by atoms with Crippen LogP contribution in [0.2, 0.25) is 0 Å². The smallest absolute Gasteiger partial charge is 0.212 e. The lowest BCUT2D eigenvalue weighted by molar-refractivity contribution is 0.323. The molecule has 1 aliphatic rings. The monoisotopic (exact) mass is 286 g/mol. The normalized spacial score (nSPS) is 19.9. The maximum absolute atomic E-state index is 12.0. The molecule has 1 fully saturated rings. The molecule has 0 aromatic carbocycles. The summed E-state index contributed by atoms with van der Waals surface area (Å²) in [5.74, 6) is 0.282. The molecule has 110 valence electrons. The number of nitriles is 1. The van der Waals surface area contributed by atoms with E-state index in [0.29, 0.717) is 6.42 Å². The van der Waals surface area contributed by atoms with Gasteiger partial charge in [-0.2, -0.15) is 9.98 Å². The molecular formula is C14H26N2O2S. The molecule has 0 saturated heterocycles. The fraction of sp³-hybridized carbons (Fsp3) is 0.929. The van der Waals surface area contributed by atoms with E-state index in [0.717, 1.165) is 25.7 Å². The molecule has 0 spiro atoms. The zero-order valence-corrected chi connectivity index (χ0v) is 13.1. The number of nitrogens with one attached hydrogen (secondary N) is 1. The molecule has 0 bridgehead atoms. The van der Waals surface area contributed by atoms with Gasteiger partial charge in [0.25, 0.3) is 0 Å². The molecule has 4 nitrogen and oxygen atoms in total. The molecule has 5 heteroatoms. The Morgan fingerprint density at radius 3 is 2.32 bits per heavy atom.